The van der Waals surface area contributed by atoms with Crippen LogP contribution < -0.4 is 0 Å². The van der Waals surface area contributed by atoms with Gasteiger partial charge in [0.15, 0.2) is 0 Å². The van der Waals surface area contributed by atoms with Crippen LogP contribution in [0.3, 0.4) is 0 Å². The van der Waals surface area contributed by atoms with Gasteiger partial charge in [-0.1, -0.05) is 0 Å². The Morgan fingerprint density at radius 2 is 2.43 bits per heavy atom. The minimum absolute atomic E-state index is 1.02. The van der Waals surface area contributed by atoms with E-state index >= 15 is 0 Å². The molecule has 0 saturated carbocycles. The lowest BCUT2D eigenvalue weighted by atomic mass is 9.99. The SMILES string of the molecule is Cc1cc2c(s1)CCCC2=PSN=O. The average molecular weight is 243 g/mol. The second kappa shape index (κ2) is 4.56. The van der Waals surface area contributed by atoms with E-state index in [1.165, 1.54) is 33.5 Å². The average Bonchev–Trinajstić information content (AvgIpc) is 2.55. The summed E-state index contributed by atoms with van der Waals surface area (Å²) in [6, 6.07) is 2.24. The van der Waals surface area contributed by atoms with Gasteiger partial charge in [-0.2, -0.15) is 0 Å². The van der Waals surface area contributed by atoms with Crippen LogP contribution in [0.5, 0.6) is 0 Å². The molecule has 0 N–H and O–H groups in total. The fraction of sp³-hybridized carbons (Fsp3) is 0.444. The molecule has 1 heterocycles. The van der Waals surface area contributed by atoms with E-state index < -0.39 is 0 Å². The number of aryl methyl sites for hydroxylation is 2. The summed E-state index contributed by atoms with van der Waals surface area (Å²) < 4.78 is 2.85. The van der Waals surface area contributed by atoms with Crippen molar-refractivity contribution in [2.24, 2.45) is 4.58 Å². The van der Waals surface area contributed by atoms with Gasteiger partial charge in [-0.15, -0.1) is 16.2 Å². The fourth-order valence-electron chi connectivity index (χ4n) is 1.70. The van der Waals surface area contributed by atoms with Crippen molar-refractivity contribution in [1.82, 2.24) is 0 Å². The monoisotopic (exact) mass is 243 g/mol. The van der Waals surface area contributed by atoms with Crippen LogP contribution in [0.4, 0.5) is 0 Å². The van der Waals surface area contributed by atoms with Gasteiger partial charge in [-0.3, -0.25) is 0 Å². The molecule has 74 valence electrons. The van der Waals surface area contributed by atoms with Crippen LogP contribution in [-0.4, -0.2) is 5.29 Å². The Morgan fingerprint density at radius 3 is 3.21 bits per heavy atom. The van der Waals surface area contributed by atoms with Crippen LogP contribution in [0.25, 0.3) is 0 Å². The summed E-state index contributed by atoms with van der Waals surface area (Å²) in [4.78, 5) is 12.9. The number of nitrogens with zero attached hydrogens (tertiary/aromatic N) is 1. The molecule has 0 aliphatic heterocycles. The second-order valence-electron chi connectivity index (χ2n) is 3.24. The highest BCUT2D eigenvalue weighted by Gasteiger charge is 2.16. The fourth-order valence-corrected chi connectivity index (χ4v) is 4.53. The third-order valence-electron chi connectivity index (χ3n) is 2.24. The Hall–Kier alpha value is -0.180. The molecule has 2 rings (SSSR count). The first-order chi connectivity index (χ1) is 6.81. The third kappa shape index (κ3) is 2.08. The molecule has 2 nitrogen and oxygen atoms in total. The maximum absolute atomic E-state index is 10.1. The number of rotatable bonds is 2. The molecular formula is C9H10NOPS2. The Balaban J connectivity index is 2.34. The number of nitroso groups, excluding NO2 is 1. The Labute approximate surface area is 92.8 Å². The normalized spacial score (nSPS) is 18.2. The summed E-state index contributed by atoms with van der Waals surface area (Å²) in [5.74, 6) is 0. The van der Waals surface area contributed by atoms with Crippen LogP contribution >= 0.6 is 30.3 Å². The zero-order valence-electron chi connectivity index (χ0n) is 7.82. The minimum atomic E-state index is 1.02. The van der Waals surface area contributed by atoms with Gasteiger partial charge in [0.05, 0.1) is 11.6 Å². The van der Waals surface area contributed by atoms with Crippen molar-refractivity contribution in [2.45, 2.75) is 26.2 Å². The first kappa shape index (κ1) is 10.3. The molecular weight excluding hydrogens is 233 g/mol. The molecule has 0 spiro atoms. The molecule has 14 heavy (non-hydrogen) atoms. The number of hydrogen-bond donors (Lipinski definition) is 0. The van der Waals surface area contributed by atoms with Gasteiger partial charge in [-0.05, 0) is 50.5 Å². The summed E-state index contributed by atoms with van der Waals surface area (Å²) in [5.41, 5.74) is 1.39. The smallest absolute Gasteiger partial charge is 0.0806 e. The van der Waals surface area contributed by atoms with Gasteiger partial charge in [0.1, 0.15) is 0 Å². The topological polar surface area (TPSA) is 29.4 Å². The predicted octanol–water partition coefficient (Wildman–Crippen LogP) is 4.19. The summed E-state index contributed by atoms with van der Waals surface area (Å²) >= 11 is 2.98. The Bertz CT molecular complexity index is 386. The molecule has 0 fully saturated rings. The van der Waals surface area contributed by atoms with Crippen LogP contribution in [0.1, 0.15) is 28.2 Å². The van der Waals surface area contributed by atoms with E-state index in [4.69, 9.17) is 0 Å². The quantitative estimate of drug-likeness (QED) is 0.443. The highest BCUT2D eigenvalue weighted by molar-refractivity contribution is 8.48. The molecule has 5 heteroatoms. The molecule has 0 aromatic carbocycles. The van der Waals surface area contributed by atoms with Crippen LogP contribution in [-0.2, 0) is 6.42 Å². The van der Waals surface area contributed by atoms with E-state index in [2.05, 4.69) is 17.6 Å². The lowest BCUT2D eigenvalue weighted by Crippen LogP contribution is -2.06. The van der Waals surface area contributed by atoms with Crippen molar-refractivity contribution in [3.8, 4) is 0 Å². The van der Waals surface area contributed by atoms with Gasteiger partial charge >= 0.3 is 0 Å². The van der Waals surface area contributed by atoms with E-state index in [1.807, 2.05) is 11.3 Å². The summed E-state index contributed by atoms with van der Waals surface area (Å²) in [5, 5.41) is 1.38. The standard InChI is InChI=1S/C9H10NOPS2/c1-6-5-7-8(12-14-10-11)3-2-4-9(7)13-6/h5H,2-4H2,1H3. The van der Waals surface area contributed by atoms with Gasteiger partial charge in [0, 0.05) is 14.3 Å². The number of fused-ring (bicyclic) bond motifs is 1. The molecule has 0 bridgehead atoms. The maximum Gasteiger partial charge on any atom is 0.0806 e. The van der Waals surface area contributed by atoms with Gasteiger partial charge in [-0.25, -0.2) is 0 Å². The van der Waals surface area contributed by atoms with Crippen molar-refractivity contribution >= 4 is 35.6 Å². The van der Waals surface area contributed by atoms with E-state index in [0.717, 1.165) is 25.4 Å². The molecule has 0 radical (unpaired) electrons. The van der Waals surface area contributed by atoms with Gasteiger partial charge in [0.25, 0.3) is 0 Å². The highest BCUT2D eigenvalue weighted by Crippen LogP contribution is 2.35. The summed E-state index contributed by atoms with van der Waals surface area (Å²) in [7, 11) is 1.02. The molecule has 1 aromatic heterocycles. The van der Waals surface area contributed by atoms with Crippen molar-refractivity contribution in [2.75, 3.05) is 0 Å². The van der Waals surface area contributed by atoms with E-state index in [-0.39, 0.29) is 0 Å². The summed E-state index contributed by atoms with van der Waals surface area (Å²) in [6.07, 6.45) is 3.54. The van der Waals surface area contributed by atoms with Crippen molar-refractivity contribution < 1.29 is 0 Å². The van der Waals surface area contributed by atoms with E-state index in [1.54, 1.807) is 0 Å². The van der Waals surface area contributed by atoms with E-state index in [0.29, 0.717) is 0 Å². The minimum Gasteiger partial charge on any atom is -0.145 e. The summed E-state index contributed by atoms with van der Waals surface area (Å²) in [6.45, 7) is 2.14. The molecule has 0 amide bonds. The molecule has 1 aliphatic carbocycles. The van der Waals surface area contributed by atoms with E-state index in [9.17, 15) is 4.91 Å². The highest BCUT2D eigenvalue weighted by atomic mass is 32.7. The predicted molar refractivity (Wildman–Crippen MR) is 66.4 cm³/mol. The van der Waals surface area contributed by atoms with Crippen molar-refractivity contribution in [1.29, 1.82) is 0 Å². The molecule has 0 saturated heterocycles. The van der Waals surface area contributed by atoms with Crippen LogP contribution in [0.2, 0.25) is 0 Å². The van der Waals surface area contributed by atoms with Gasteiger partial charge in [0.2, 0.25) is 0 Å². The first-order valence-electron chi connectivity index (χ1n) is 4.46. The number of hydrogen-bond acceptors (Lipinski definition) is 4. The van der Waals surface area contributed by atoms with Crippen LogP contribution in [0, 0.1) is 11.8 Å². The zero-order valence-corrected chi connectivity index (χ0v) is 10.3. The first-order valence-corrected chi connectivity index (χ1v) is 7.55. The molecule has 1 aromatic rings. The van der Waals surface area contributed by atoms with Crippen LogP contribution in [0.15, 0.2) is 10.6 Å². The Kier molecular flexibility index (Phi) is 3.37. The lowest BCUT2D eigenvalue weighted by molar-refractivity contribution is 0.863. The lowest BCUT2D eigenvalue weighted by Gasteiger charge is -2.12. The van der Waals surface area contributed by atoms with Crippen molar-refractivity contribution in [3.05, 3.63) is 26.3 Å². The Morgan fingerprint density at radius 1 is 1.57 bits per heavy atom. The number of thiophene rings is 1. The second-order valence-corrected chi connectivity index (χ2v) is 6.65. The molecule has 1 aliphatic rings. The third-order valence-corrected chi connectivity index (χ3v) is 5.29. The maximum atomic E-state index is 10.1. The molecule has 0 unspecified atom stereocenters. The zero-order chi connectivity index (χ0) is 9.97. The largest absolute Gasteiger partial charge is 0.145 e. The van der Waals surface area contributed by atoms with Gasteiger partial charge < -0.3 is 0 Å². The van der Waals surface area contributed by atoms with Crippen molar-refractivity contribution in [3.63, 3.8) is 0 Å². The molecule has 0 atom stereocenters.